The fourth-order valence-electron chi connectivity index (χ4n) is 4.28. The molecule has 2 atom stereocenters. The van der Waals surface area contributed by atoms with E-state index in [1.807, 2.05) is 23.1 Å². The van der Waals surface area contributed by atoms with Crippen molar-refractivity contribution in [3.05, 3.63) is 107 Å². The van der Waals surface area contributed by atoms with Crippen molar-refractivity contribution < 1.29 is 18.0 Å². The summed E-state index contributed by atoms with van der Waals surface area (Å²) in [6.07, 6.45) is 1.82. The zero-order valence-corrected chi connectivity index (χ0v) is 21.7. The third kappa shape index (κ3) is 5.55. The molecule has 37 heavy (non-hydrogen) atoms. The highest BCUT2D eigenvalue weighted by atomic mass is 79.9. The van der Waals surface area contributed by atoms with Gasteiger partial charge in [-0.05, 0) is 78.9 Å². The second-order valence-electron chi connectivity index (χ2n) is 8.45. The number of amides is 1. The molecule has 10 heteroatoms. The predicted molar refractivity (Wildman–Crippen MR) is 144 cm³/mol. The minimum absolute atomic E-state index is 0.125. The number of furan rings is 1. The Bertz CT molecular complexity index is 1430. The van der Waals surface area contributed by atoms with Gasteiger partial charge in [0.2, 0.25) is 5.91 Å². The molecule has 4 aromatic rings. The van der Waals surface area contributed by atoms with Crippen LogP contribution in [0.15, 0.2) is 87.9 Å². The number of carbonyl (C=O) groups excluding carboxylic acids is 1. The number of carbonyl (C=O) groups is 1. The Morgan fingerprint density at radius 1 is 1.11 bits per heavy atom. The number of aromatic nitrogens is 1. The summed E-state index contributed by atoms with van der Waals surface area (Å²) in [5, 5.41) is 6.51. The maximum Gasteiger partial charge on any atom is 0.226 e. The van der Waals surface area contributed by atoms with Crippen LogP contribution in [0.2, 0.25) is 0 Å². The zero-order chi connectivity index (χ0) is 25.9. The summed E-state index contributed by atoms with van der Waals surface area (Å²) in [6.45, 7) is 0.287. The molecule has 188 valence electrons. The molecule has 0 saturated carbocycles. The van der Waals surface area contributed by atoms with Gasteiger partial charge >= 0.3 is 0 Å². The third-order valence-corrected chi connectivity index (χ3v) is 6.87. The lowest BCUT2D eigenvalue weighted by molar-refractivity contribution is -0.116. The lowest BCUT2D eigenvalue weighted by atomic mass is 10.0. The Hall–Kier alpha value is -3.63. The second kappa shape index (κ2) is 10.8. The molecular formula is C27H21BrF2N4O2S. The molecule has 0 unspecified atom stereocenters. The van der Waals surface area contributed by atoms with E-state index in [4.69, 9.17) is 16.6 Å². The summed E-state index contributed by atoms with van der Waals surface area (Å²) < 4.78 is 34.6. The van der Waals surface area contributed by atoms with Gasteiger partial charge in [-0.2, -0.15) is 0 Å². The first-order valence-corrected chi connectivity index (χ1v) is 12.7. The Morgan fingerprint density at radius 2 is 1.92 bits per heavy atom. The minimum Gasteiger partial charge on any atom is -0.459 e. The first kappa shape index (κ1) is 25.0. The molecule has 0 spiro atoms. The molecule has 0 radical (unpaired) electrons. The summed E-state index contributed by atoms with van der Waals surface area (Å²) in [6, 6.07) is 18.7. The van der Waals surface area contributed by atoms with Crippen molar-refractivity contribution in [3.8, 4) is 11.3 Å². The Balaban J connectivity index is 1.40. The molecule has 1 fully saturated rings. The van der Waals surface area contributed by atoms with E-state index in [1.165, 1.54) is 30.3 Å². The summed E-state index contributed by atoms with van der Waals surface area (Å²) in [7, 11) is 0. The van der Waals surface area contributed by atoms with Gasteiger partial charge in [0.15, 0.2) is 5.11 Å². The number of halogens is 3. The second-order valence-corrected chi connectivity index (χ2v) is 9.75. The molecule has 3 heterocycles. The van der Waals surface area contributed by atoms with Crippen molar-refractivity contribution >= 4 is 44.9 Å². The van der Waals surface area contributed by atoms with Gasteiger partial charge in [-0.25, -0.2) is 8.78 Å². The summed E-state index contributed by atoms with van der Waals surface area (Å²) in [4.78, 5) is 19.0. The number of benzene rings is 2. The average Bonchev–Trinajstić information content (AvgIpc) is 3.49. The molecule has 1 amide bonds. The van der Waals surface area contributed by atoms with Crippen molar-refractivity contribution in [2.45, 2.75) is 18.5 Å². The molecule has 1 aliphatic rings. The number of thiocarbonyl (C=S) groups is 1. The average molecular weight is 583 g/mol. The fourth-order valence-corrected chi connectivity index (χ4v) is 4.94. The fraction of sp³-hybridized carbons (Fsp3) is 0.148. The van der Waals surface area contributed by atoms with Gasteiger partial charge in [0.05, 0.1) is 17.3 Å². The van der Waals surface area contributed by atoms with E-state index in [9.17, 15) is 13.6 Å². The maximum absolute atomic E-state index is 14.6. The molecule has 5 rings (SSSR count). The van der Waals surface area contributed by atoms with E-state index in [0.29, 0.717) is 32.4 Å². The number of nitrogens with zero attached hydrogens (tertiary/aromatic N) is 2. The van der Waals surface area contributed by atoms with Crippen LogP contribution in [-0.4, -0.2) is 27.4 Å². The highest BCUT2D eigenvalue weighted by molar-refractivity contribution is 9.10. The summed E-state index contributed by atoms with van der Waals surface area (Å²) >= 11 is 8.91. The molecule has 0 aliphatic carbocycles. The first-order valence-electron chi connectivity index (χ1n) is 11.5. The van der Waals surface area contributed by atoms with E-state index in [2.05, 4.69) is 31.5 Å². The van der Waals surface area contributed by atoms with Gasteiger partial charge in [0, 0.05) is 29.3 Å². The van der Waals surface area contributed by atoms with Crippen molar-refractivity contribution in [1.29, 1.82) is 0 Å². The lowest BCUT2D eigenvalue weighted by Crippen LogP contribution is -2.32. The number of nitrogens with one attached hydrogen (secondary N) is 2. The molecule has 2 aromatic heterocycles. The van der Waals surface area contributed by atoms with E-state index < -0.39 is 11.9 Å². The van der Waals surface area contributed by atoms with Crippen molar-refractivity contribution in [2.75, 3.05) is 11.9 Å². The van der Waals surface area contributed by atoms with Crippen LogP contribution in [0.1, 0.15) is 30.0 Å². The topological polar surface area (TPSA) is 70.4 Å². The highest BCUT2D eigenvalue weighted by Crippen LogP contribution is 2.41. The number of hydrogen-bond acceptors (Lipinski definition) is 4. The SMILES string of the molecule is O=C(CCN1C(=S)N[C@@H](c2ccccn2)[C@H]1c1ccc(-c2ccc(Br)cc2F)o1)Nc1ccc(F)cc1. The quantitative estimate of drug-likeness (QED) is 0.246. The largest absolute Gasteiger partial charge is 0.459 e. The van der Waals surface area contributed by atoms with Gasteiger partial charge in [-0.15, -0.1) is 0 Å². The van der Waals surface area contributed by atoms with Crippen LogP contribution in [0.5, 0.6) is 0 Å². The molecule has 0 bridgehead atoms. The predicted octanol–water partition coefficient (Wildman–Crippen LogP) is 6.38. The van der Waals surface area contributed by atoms with Crippen LogP contribution in [0.3, 0.4) is 0 Å². The first-order chi connectivity index (χ1) is 17.9. The highest BCUT2D eigenvalue weighted by Gasteiger charge is 2.41. The zero-order valence-electron chi connectivity index (χ0n) is 19.3. The summed E-state index contributed by atoms with van der Waals surface area (Å²) in [5.74, 6) is -0.0981. The van der Waals surface area contributed by atoms with Crippen LogP contribution >= 0.6 is 28.1 Å². The molecule has 1 saturated heterocycles. The monoisotopic (exact) mass is 582 g/mol. The van der Waals surface area contributed by atoms with Crippen molar-refractivity contribution in [3.63, 3.8) is 0 Å². The van der Waals surface area contributed by atoms with Crippen LogP contribution < -0.4 is 10.6 Å². The van der Waals surface area contributed by atoms with Crippen molar-refractivity contribution in [1.82, 2.24) is 15.2 Å². The van der Waals surface area contributed by atoms with Gasteiger partial charge in [0.25, 0.3) is 0 Å². The van der Waals surface area contributed by atoms with E-state index in [0.717, 1.165) is 5.69 Å². The molecular weight excluding hydrogens is 562 g/mol. The molecule has 6 nitrogen and oxygen atoms in total. The Labute approximate surface area is 225 Å². The Morgan fingerprint density at radius 3 is 2.65 bits per heavy atom. The lowest BCUT2D eigenvalue weighted by Gasteiger charge is -2.25. The number of hydrogen-bond donors (Lipinski definition) is 2. The normalized spacial score (nSPS) is 17.1. The van der Waals surface area contributed by atoms with Crippen LogP contribution in [-0.2, 0) is 4.79 Å². The third-order valence-electron chi connectivity index (χ3n) is 6.02. The van der Waals surface area contributed by atoms with Crippen LogP contribution in [0.25, 0.3) is 11.3 Å². The molecule has 2 aromatic carbocycles. The van der Waals surface area contributed by atoms with Gasteiger partial charge in [0.1, 0.15) is 29.2 Å². The Kier molecular flexibility index (Phi) is 7.29. The number of pyridine rings is 1. The van der Waals surface area contributed by atoms with Gasteiger partial charge < -0.3 is 20.0 Å². The maximum atomic E-state index is 14.6. The number of anilines is 1. The van der Waals surface area contributed by atoms with Crippen LogP contribution in [0, 0.1) is 11.6 Å². The summed E-state index contributed by atoms with van der Waals surface area (Å²) in [5.41, 5.74) is 1.59. The number of rotatable bonds is 7. The molecule has 1 aliphatic heterocycles. The standard InChI is InChI=1S/C27H21BrF2N4O2S/c28-16-4-9-19(20(30)15-16)22-10-11-23(36-22)26-25(21-3-1-2-13-31-21)33-27(37)34(26)14-12-24(35)32-18-7-5-17(29)6-8-18/h1-11,13,15,25-26H,12,14H2,(H,32,35)(H,33,37)/t25-,26+/m0/s1. The molecule has 2 N–H and O–H groups in total. The van der Waals surface area contributed by atoms with E-state index in [1.54, 1.807) is 30.5 Å². The van der Waals surface area contributed by atoms with Crippen LogP contribution in [0.4, 0.5) is 14.5 Å². The van der Waals surface area contributed by atoms with E-state index in [-0.39, 0.29) is 30.7 Å². The minimum atomic E-state index is -0.423. The van der Waals surface area contributed by atoms with E-state index >= 15 is 0 Å². The van der Waals surface area contributed by atoms with Crippen molar-refractivity contribution in [2.24, 2.45) is 0 Å². The van der Waals surface area contributed by atoms with Gasteiger partial charge in [-0.1, -0.05) is 22.0 Å². The smallest absolute Gasteiger partial charge is 0.226 e. The van der Waals surface area contributed by atoms with Gasteiger partial charge in [-0.3, -0.25) is 9.78 Å².